The largest absolute Gasteiger partial charge is 0.481 e. The molecule has 2 heterocycles. The molecule has 4 nitrogen and oxygen atoms in total. The van der Waals surface area contributed by atoms with Crippen LogP contribution in [0.25, 0.3) is 0 Å². The van der Waals surface area contributed by atoms with Crippen LogP contribution in [0.3, 0.4) is 0 Å². The van der Waals surface area contributed by atoms with Crippen molar-refractivity contribution in [1.29, 1.82) is 0 Å². The molecule has 98 valence electrons. The fourth-order valence-corrected chi connectivity index (χ4v) is 3.41. The number of carboxylic acid groups (broad SMARTS) is 1. The molecule has 1 fully saturated rings. The number of carbonyl (C=O) groups excluding carboxylic acids is 1. The second-order valence-corrected chi connectivity index (χ2v) is 6.87. The van der Waals surface area contributed by atoms with Gasteiger partial charge < -0.3 is 10.0 Å². The minimum atomic E-state index is -0.882. The fourth-order valence-electron chi connectivity index (χ4n) is 1.97. The summed E-state index contributed by atoms with van der Waals surface area (Å²) in [4.78, 5) is 24.8. The highest BCUT2D eigenvalue weighted by Crippen LogP contribution is 2.35. The molecule has 1 aromatic heterocycles. The van der Waals surface area contributed by atoms with Crippen molar-refractivity contribution in [2.45, 2.75) is 13.3 Å². The van der Waals surface area contributed by atoms with Gasteiger partial charge in [0.1, 0.15) is 4.34 Å². The molecule has 1 amide bonds. The minimum Gasteiger partial charge on any atom is -0.481 e. The van der Waals surface area contributed by atoms with Gasteiger partial charge >= 0.3 is 5.97 Å². The summed E-state index contributed by atoms with van der Waals surface area (Å²) in [6.07, 6.45) is 0.448. The SMILES string of the molecule is CC1(C(=O)O)CCN(C(=O)c2cc(Cl)sc2Cl)C1. The average Bonchev–Trinajstić information content (AvgIpc) is 2.82. The van der Waals surface area contributed by atoms with Crippen LogP contribution in [0.5, 0.6) is 0 Å². The van der Waals surface area contributed by atoms with E-state index >= 15 is 0 Å². The number of rotatable bonds is 2. The monoisotopic (exact) mass is 307 g/mol. The second kappa shape index (κ2) is 4.72. The van der Waals surface area contributed by atoms with Crippen molar-refractivity contribution in [3.63, 3.8) is 0 Å². The molecular formula is C11H11Cl2NO3S. The number of amides is 1. The zero-order valence-electron chi connectivity index (χ0n) is 9.57. The minimum absolute atomic E-state index is 0.199. The molecule has 1 unspecified atom stereocenters. The molecule has 1 saturated heterocycles. The first-order valence-corrected chi connectivity index (χ1v) is 6.88. The maximum Gasteiger partial charge on any atom is 0.311 e. The number of aliphatic carboxylic acids is 1. The van der Waals surface area contributed by atoms with E-state index in [1.54, 1.807) is 6.92 Å². The van der Waals surface area contributed by atoms with Gasteiger partial charge in [0, 0.05) is 13.1 Å². The molecule has 18 heavy (non-hydrogen) atoms. The summed E-state index contributed by atoms with van der Waals surface area (Å²) < 4.78 is 0.789. The van der Waals surface area contributed by atoms with Crippen LogP contribution in [-0.2, 0) is 4.79 Å². The molecule has 1 aliphatic rings. The smallest absolute Gasteiger partial charge is 0.311 e. The molecular weight excluding hydrogens is 297 g/mol. The van der Waals surface area contributed by atoms with Crippen LogP contribution in [0.15, 0.2) is 6.07 Å². The van der Waals surface area contributed by atoms with E-state index in [-0.39, 0.29) is 12.5 Å². The predicted octanol–water partition coefficient (Wildman–Crippen LogP) is 2.99. The summed E-state index contributed by atoms with van der Waals surface area (Å²) in [5.41, 5.74) is -0.525. The lowest BCUT2D eigenvalue weighted by Crippen LogP contribution is -2.34. The molecule has 0 aromatic carbocycles. The normalized spacial score (nSPS) is 23.4. The van der Waals surface area contributed by atoms with Gasteiger partial charge in [-0.3, -0.25) is 9.59 Å². The number of carbonyl (C=O) groups is 2. The first kappa shape index (κ1) is 13.6. The third kappa shape index (κ3) is 2.35. The number of nitrogens with zero attached hydrogens (tertiary/aromatic N) is 1. The molecule has 1 atom stereocenters. The fraction of sp³-hybridized carbons (Fsp3) is 0.455. The molecule has 0 bridgehead atoms. The van der Waals surface area contributed by atoms with Gasteiger partial charge in [0.15, 0.2) is 0 Å². The molecule has 0 spiro atoms. The summed E-state index contributed by atoms with van der Waals surface area (Å²) in [7, 11) is 0. The van der Waals surface area contributed by atoms with Gasteiger partial charge in [-0.05, 0) is 19.4 Å². The number of carboxylic acids is 1. The number of halogens is 2. The van der Waals surface area contributed by atoms with Crippen LogP contribution in [0.2, 0.25) is 8.67 Å². The summed E-state index contributed by atoms with van der Waals surface area (Å²) in [5.74, 6) is -1.14. The lowest BCUT2D eigenvalue weighted by molar-refractivity contribution is -0.147. The van der Waals surface area contributed by atoms with E-state index in [1.165, 1.54) is 11.0 Å². The number of hydrogen-bond acceptors (Lipinski definition) is 3. The molecule has 2 rings (SSSR count). The van der Waals surface area contributed by atoms with Crippen molar-refractivity contribution in [2.75, 3.05) is 13.1 Å². The van der Waals surface area contributed by atoms with E-state index in [0.717, 1.165) is 11.3 Å². The molecule has 0 aliphatic carbocycles. The Balaban J connectivity index is 2.18. The van der Waals surface area contributed by atoms with E-state index in [9.17, 15) is 9.59 Å². The Morgan fingerprint density at radius 3 is 2.61 bits per heavy atom. The van der Waals surface area contributed by atoms with E-state index in [4.69, 9.17) is 28.3 Å². The van der Waals surface area contributed by atoms with Crippen LogP contribution < -0.4 is 0 Å². The standard InChI is InChI=1S/C11H11Cl2NO3S/c1-11(10(16)17)2-3-14(5-11)9(15)6-4-7(12)18-8(6)13/h4H,2-3,5H2,1H3,(H,16,17). The van der Waals surface area contributed by atoms with Gasteiger partial charge in [0.25, 0.3) is 5.91 Å². The van der Waals surface area contributed by atoms with Crippen LogP contribution in [0, 0.1) is 5.41 Å². The van der Waals surface area contributed by atoms with E-state index < -0.39 is 11.4 Å². The predicted molar refractivity (Wildman–Crippen MR) is 70.6 cm³/mol. The molecule has 7 heteroatoms. The van der Waals surface area contributed by atoms with Gasteiger partial charge in [0.2, 0.25) is 0 Å². The van der Waals surface area contributed by atoms with Crippen molar-refractivity contribution >= 4 is 46.4 Å². The third-order valence-corrected chi connectivity index (χ3v) is 4.65. The lowest BCUT2D eigenvalue weighted by Gasteiger charge is -2.19. The van der Waals surface area contributed by atoms with Gasteiger partial charge in [0.05, 0.1) is 15.3 Å². The highest BCUT2D eigenvalue weighted by Gasteiger charge is 2.42. The van der Waals surface area contributed by atoms with Crippen LogP contribution >= 0.6 is 34.5 Å². The second-order valence-electron chi connectivity index (χ2n) is 4.58. The van der Waals surface area contributed by atoms with Crippen molar-refractivity contribution in [3.8, 4) is 0 Å². The Hall–Kier alpha value is -0.780. The maximum absolute atomic E-state index is 12.2. The molecule has 0 radical (unpaired) electrons. The Morgan fingerprint density at radius 2 is 2.17 bits per heavy atom. The van der Waals surface area contributed by atoms with Crippen LogP contribution in [0.1, 0.15) is 23.7 Å². The Morgan fingerprint density at radius 1 is 1.50 bits per heavy atom. The van der Waals surface area contributed by atoms with E-state index in [2.05, 4.69) is 0 Å². The first-order valence-electron chi connectivity index (χ1n) is 5.31. The first-order chi connectivity index (χ1) is 8.33. The van der Waals surface area contributed by atoms with Gasteiger partial charge in [-0.25, -0.2) is 0 Å². The van der Waals surface area contributed by atoms with E-state index in [0.29, 0.717) is 27.2 Å². The molecule has 1 N–H and O–H groups in total. The van der Waals surface area contributed by atoms with Crippen molar-refractivity contribution in [1.82, 2.24) is 4.90 Å². The third-order valence-electron chi connectivity index (χ3n) is 3.16. The number of thiophene rings is 1. The van der Waals surface area contributed by atoms with Gasteiger partial charge in [-0.2, -0.15) is 0 Å². The summed E-state index contributed by atoms with van der Waals surface area (Å²) in [6.45, 7) is 2.27. The zero-order chi connectivity index (χ0) is 13.5. The Bertz CT molecular complexity index is 516. The molecule has 1 aromatic rings. The Kier molecular flexibility index (Phi) is 3.58. The topological polar surface area (TPSA) is 57.6 Å². The van der Waals surface area contributed by atoms with Crippen molar-refractivity contribution < 1.29 is 14.7 Å². The van der Waals surface area contributed by atoms with Crippen LogP contribution in [-0.4, -0.2) is 35.0 Å². The quantitative estimate of drug-likeness (QED) is 0.913. The van der Waals surface area contributed by atoms with Crippen molar-refractivity contribution in [2.24, 2.45) is 5.41 Å². The molecule has 0 saturated carbocycles. The molecule has 1 aliphatic heterocycles. The number of likely N-dealkylation sites (tertiary alicyclic amines) is 1. The average molecular weight is 308 g/mol. The lowest BCUT2D eigenvalue weighted by atomic mass is 9.90. The van der Waals surface area contributed by atoms with Gasteiger partial charge in [-0.1, -0.05) is 23.2 Å². The summed E-state index contributed by atoms with van der Waals surface area (Å²) in [5, 5.41) is 9.12. The number of hydrogen-bond donors (Lipinski definition) is 1. The van der Waals surface area contributed by atoms with Crippen LogP contribution in [0.4, 0.5) is 0 Å². The maximum atomic E-state index is 12.2. The highest BCUT2D eigenvalue weighted by atomic mass is 35.5. The van der Waals surface area contributed by atoms with E-state index in [1.807, 2.05) is 0 Å². The zero-order valence-corrected chi connectivity index (χ0v) is 11.9. The van der Waals surface area contributed by atoms with Gasteiger partial charge in [-0.15, -0.1) is 11.3 Å². The summed E-state index contributed by atoms with van der Waals surface area (Å²) in [6, 6.07) is 1.52. The summed E-state index contributed by atoms with van der Waals surface area (Å²) >= 11 is 12.8. The van der Waals surface area contributed by atoms with Crippen molar-refractivity contribution in [3.05, 3.63) is 20.3 Å². The highest BCUT2D eigenvalue weighted by molar-refractivity contribution is 7.20. The Labute approximate surface area is 118 Å².